The molecular weight excluding hydrogens is 310 g/mol. The number of carbonyl (C=O) groups is 2. The van der Waals surface area contributed by atoms with Crippen LogP contribution in [0.5, 0.6) is 5.75 Å². The highest BCUT2D eigenvalue weighted by Gasteiger charge is 2.24. The molecule has 0 saturated heterocycles. The van der Waals surface area contributed by atoms with Gasteiger partial charge in [0.05, 0.1) is 7.11 Å². The normalized spacial score (nSPS) is 12.2. The van der Waals surface area contributed by atoms with E-state index < -0.39 is 17.9 Å². The Morgan fingerprint density at radius 3 is 2.58 bits per heavy atom. The van der Waals surface area contributed by atoms with Gasteiger partial charge in [-0.25, -0.2) is 4.79 Å². The van der Waals surface area contributed by atoms with E-state index in [1.165, 1.54) is 6.20 Å². The zero-order valence-corrected chi connectivity index (χ0v) is 13.9. The topological polar surface area (TPSA) is 111 Å². The number of benzene rings is 1. The van der Waals surface area contributed by atoms with Crippen LogP contribution in [0.3, 0.4) is 0 Å². The van der Waals surface area contributed by atoms with Crippen LogP contribution in [0.15, 0.2) is 36.0 Å². The lowest BCUT2D eigenvalue weighted by atomic mass is 10.0. The Labute approximate surface area is 140 Å². The van der Waals surface area contributed by atoms with Crippen LogP contribution in [0.4, 0.5) is 0 Å². The first kappa shape index (κ1) is 19.0. The van der Waals surface area contributed by atoms with E-state index in [0.29, 0.717) is 12.3 Å². The first-order valence-electron chi connectivity index (χ1n) is 7.40. The molecule has 0 aliphatic heterocycles. The summed E-state index contributed by atoms with van der Waals surface area (Å²) in [6.07, 6.45) is 1.26. The number of nitriles is 1. The molecule has 1 amide bonds. The number of para-hydroxylation sites is 1. The van der Waals surface area contributed by atoms with Gasteiger partial charge in [0.25, 0.3) is 5.91 Å². The maximum atomic E-state index is 12.0. The van der Waals surface area contributed by atoms with Crippen molar-refractivity contribution in [3.05, 3.63) is 41.6 Å². The van der Waals surface area contributed by atoms with Crippen LogP contribution in [-0.2, 0) is 16.1 Å². The molecule has 0 saturated carbocycles. The minimum Gasteiger partial charge on any atom is -0.496 e. The molecule has 1 aromatic carbocycles. The molecule has 0 radical (unpaired) electrons. The van der Waals surface area contributed by atoms with Gasteiger partial charge in [0.15, 0.2) is 0 Å². The molecule has 1 unspecified atom stereocenters. The second-order valence-corrected chi connectivity index (χ2v) is 5.40. The molecule has 0 aromatic heterocycles. The van der Waals surface area contributed by atoms with Gasteiger partial charge in [-0.2, -0.15) is 5.26 Å². The maximum Gasteiger partial charge on any atom is 0.326 e. The molecule has 0 aliphatic rings. The van der Waals surface area contributed by atoms with Crippen LogP contribution in [-0.4, -0.2) is 30.1 Å². The minimum atomic E-state index is -1.14. The fourth-order valence-electron chi connectivity index (χ4n) is 1.99. The summed E-state index contributed by atoms with van der Waals surface area (Å²) in [5.74, 6) is -1.48. The third-order valence-corrected chi connectivity index (χ3v) is 3.32. The summed E-state index contributed by atoms with van der Waals surface area (Å²) in [5, 5.41) is 23.4. The Hall–Kier alpha value is -3.01. The molecule has 7 nitrogen and oxygen atoms in total. The average molecular weight is 331 g/mol. The van der Waals surface area contributed by atoms with E-state index in [4.69, 9.17) is 15.1 Å². The lowest BCUT2D eigenvalue weighted by Crippen LogP contribution is -2.44. The number of methoxy groups -OCH3 is 1. The average Bonchev–Trinajstić information content (AvgIpc) is 2.56. The molecule has 0 aliphatic carbocycles. The van der Waals surface area contributed by atoms with Crippen LogP contribution in [0.2, 0.25) is 0 Å². The Morgan fingerprint density at radius 2 is 2.04 bits per heavy atom. The van der Waals surface area contributed by atoms with Crippen molar-refractivity contribution in [2.75, 3.05) is 7.11 Å². The number of amides is 1. The van der Waals surface area contributed by atoms with E-state index in [0.717, 1.165) is 5.56 Å². The largest absolute Gasteiger partial charge is 0.496 e. The van der Waals surface area contributed by atoms with E-state index in [9.17, 15) is 9.59 Å². The third kappa shape index (κ3) is 5.32. The molecule has 0 heterocycles. The number of rotatable bonds is 8. The summed E-state index contributed by atoms with van der Waals surface area (Å²) >= 11 is 0. The summed E-state index contributed by atoms with van der Waals surface area (Å²) in [6.45, 7) is 3.71. The molecular formula is C17H21N3O4. The standard InChI is InChI=1S/C17H21N3O4/c1-11(2)15(17(22)23)20-16(21)13(8-18)10-19-9-12-6-4-5-7-14(12)24-3/h4-7,10-11,15,19H,9H2,1-3H3,(H,20,21)(H,22,23)/b13-10-. The Kier molecular flexibility index (Phi) is 7.30. The van der Waals surface area contributed by atoms with E-state index >= 15 is 0 Å². The molecule has 1 rings (SSSR count). The minimum absolute atomic E-state index is 0.197. The van der Waals surface area contributed by atoms with Crippen LogP contribution in [0, 0.1) is 17.2 Å². The quantitative estimate of drug-likeness (QED) is 0.491. The van der Waals surface area contributed by atoms with Gasteiger partial charge in [-0.05, 0) is 12.0 Å². The van der Waals surface area contributed by atoms with Crippen molar-refractivity contribution < 1.29 is 19.4 Å². The number of ether oxygens (including phenoxy) is 1. The zero-order chi connectivity index (χ0) is 18.1. The number of carboxylic acid groups (broad SMARTS) is 1. The van der Waals surface area contributed by atoms with Gasteiger partial charge in [0, 0.05) is 18.3 Å². The maximum absolute atomic E-state index is 12.0. The van der Waals surface area contributed by atoms with E-state index in [2.05, 4.69) is 10.6 Å². The number of carboxylic acids is 1. The molecule has 7 heteroatoms. The van der Waals surface area contributed by atoms with E-state index in [1.54, 1.807) is 33.1 Å². The SMILES string of the molecule is COc1ccccc1CN/C=C(/C#N)C(=O)NC(C(=O)O)C(C)C. The molecule has 0 bridgehead atoms. The Balaban J connectivity index is 2.75. The molecule has 24 heavy (non-hydrogen) atoms. The summed E-state index contributed by atoms with van der Waals surface area (Å²) in [5.41, 5.74) is 0.663. The summed E-state index contributed by atoms with van der Waals surface area (Å²) in [6, 6.07) is 8.05. The Morgan fingerprint density at radius 1 is 1.38 bits per heavy atom. The predicted molar refractivity (Wildman–Crippen MR) is 87.9 cm³/mol. The van der Waals surface area contributed by atoms with Gasteiger partial charge in [-0.1, -0.05) is 32.0 Å². The summed E-state index contributed by atoms with van der Waals surface area (Å²) < 4.78 is 5.21. The first-order chi connectivity index (χ1) is 11.4. The van der Waals surface area contributed by atoms with Gasteiger partial charge >= 0.3 is 5.97 Å². The summed E-state index contributed by atoms with van der Waals surface area (Å²) in [4.78, 5) is 23.1. The number of hydrogen-bond donors (Lipinski definition) is 3. The van der Waals surface area contributed by atoms with Gasteiger partial charge in [0.2, 0.25) is 0 Å². The molecule has 0 spiro atoms. The summed E-state index contributed by atoms with van der Waals surface area (Å²) in [7, 11) is 1.56. The van der Waals surface area contributed by atoms with E-state index in [-0.39, 0.29) is 11.5 Å². The van der Waals surface area contributed by atoms with Crippen LogP contribution >= 0.6 is 0 Å². The predicted octanol–water partition coefficient (Wildman–Crippen LogP) is 1.42. The highest BCUT2D eigenvalue weighted by Crippen LogP contribution is 2.16. The number of carbonyl (C=O) groups excluding carboxylic acids is 1. The molecule has 0 fully saturated rings. The molecule has 1 atom stereocenters. The van der Waals surface area contributed by atoms with Gasteiger partial charge in [-0.15, -0.1) is 0 Å². The molecule has 3 N–H and O–H groups in total. The number of hydrogen-bond acceptors (Lipinski definition) is 5. The highest BCUT2D eigenvalue weighted by atomic mass is 16.5. The van der Waals surface area contributed by atoms with Gasteiger partial charge < -0.3 is 20.5 Å². The van der Waals surface area contributed by atoms with E-state index in [1.807, 2.05) is 18.2 Å². The zero-order valence-electron chi connectivity index (χ0n) is 13.9. The lowest BCUT2D eigenvalue weighted by molar-refractivity contribution is -0.142. The second-order valence-electron chi connectivity index (χ2n) is 5.40. The number of nitrogens with zero attached hydrogens (tertiary/aromatic N) is 1. The number of nitrogens with one attached hydrogen (secondary N) is 2. The fraction of sp³-hybridized carbons (Fsp3) is 0.353. The van der Waals surface area contributed by atoms with Crippen molar-refractivity contribution in [3.8, 4) is 11.8 Å². The molecule has 1 aromatic rings. The fourth-order valence-corrected chi connectivity index (χ4v) is 1.99. The van der Waals surface area contributed by atoms with Crippen LogP contribution in [0.1, 0.15) is 19.4 Å². The second kappa shape index (κ2) is 9.20. The van der Waals surface area contributed by atoms with Gasteiger partial charge in [0.1, 0.15) is 23.4 Å². The van der Waals surface area contributed by atoms with Gasteiger partial charge in [-0.3, -0.25) is 4.79 Å². The van der Waals surface area contributed by atoms with Crippen molar-refractivity contribution in [1.29, 1.82) is 5.26 Å². The third-order valence-electron chi connectivity index (χ3n) is 3.32. The highest BCUT2D eigenvalue weighted by molar-refractivity contribution is 5.99. The smallest absolute Gasteiger partial charge is 0.326 e. The Bertz CT molecular complexity index is 662. The lowest BCUT2D eigenvalue weighted by Gasteiger charge is -2.17. The number of aliphatic carboxylic acids is 1. The van der Waals surface area contributed by atoms with Crippen molar-refractivity contribution in [2.24, 2.45) is 5.92 Å². The van der Waals surface area contributed by atoms with Crippen molar-refractivity contribution in [2.45, 2.75) is 26.4 Å². The van der Waals surface area contributed by atoms with Crippen LogP contribution in [0.25, 0.3) is 0 Å². The van der Waals surface area contributed by atoms with Crippen molar-refractivity contribution in [1.82, 2.24) is 10.6 Å². The van der Waals surface area contributed by atoms with Crippen LogP contribution < -0.4 is 15.4 Å². The van der Waals surface area contributed by atoms with Crippen molar-refractivity contribution >= 4 is 11.9 Å². The molecule has 128 valence electrons. The first-order valence-corrected chi connectivity index (χ1v) is 7.40. The van der Waals surface area contributed by atoms with Crippen molar-refractivity contribution in [3.63, 3.8) is 0 Å². The monoisotopic (exact) mass is 331 g/mol.